The molecule has 10 atom stereocenters. The first kappa shape index (κ1) is 35.7. The topological polar surface area (TPSA) is 234 Å². The van der Waals surface area contributed by atoms with Gasteiger partial charge in [0.15, 0.2) is 28.7 Å². The highest BCUT2D eigenvalue weighted by Gasteiger charge is 2.55. The van der Waals surface area contributed by atoms with Gasteiger partial charge in [-0.05, 0) is 23.8 Å². The highest BCUT2D eigenvalue weighted by molar-refractivity contribution is 6.17. The zero-order valence-corrected chi connectivity index (χ0v) is 26.8. The van der Waals surface area contributed by atoms with Gasteiger partial charge in [0.25, 0.3) is 0 Å². The predicted molar refractivity (Wildman–Crippen MR) is 163 cm³/mol. The van der Waals surface area contributed by atoms with Gasteiger partial charge in [0.1, 0.15) is 60.3 Å². The van der Waals surface area contributed by atoms with Crippen molar-refractivity contribution in [1.82, 2.24) is 0 Å². The van der Waals surface area contributed by atoms with E-state index in [1.54, 1.807) is 6.07 Å². The van der Waals surface area contributed by atoms with Crippen molar-refractivity contribution in [3.63, 3.8) is 0 Å². The molecule has 3 aromatic carbocycles. The molecule has 0 aliphatic carbocycles. The van der Waals surface area contributed by atoms with Crippen LogP contribution in [0.1, 0.15) is 32.6 Å². The molecule has 0 bridgehead atoms. The van der Waals surface area contributed by atoms with Gasteiger partial charge in [0, 0.05) is 23.6 Å². The number of carbonyl (C=O) groups is 1. The summed E-state index contributed by atoms with van der Waals surface area (Å²) >= 11 is 6.00. The van der Waals surface area contributed by atoms with Crippen LogP contribution in [0.4, 0.5) is 8.78 Å². The molecular formula is C33H31ClF2O15. The van der Waals surface area contributed by atoms with Gasteiger partial charge in [0.05, 0.1) is 29.9 Å². The van der Waals surface area contributed by atoms with Crippen LogP contribution in [0.3, 0.4) is 0 Å². The molecule has 51 heavy (non-hydrogen) atoms. The summed E-state index contributed by atoms with van der Waals surface area (Å²) in [6, 6.07) is 8.37. The van der Waals surface area contributed by atoms with Crippen LogP contribution in [0.2, 0.25) is 0 Å². The molecule has 0 saturated carbocycles. The normalized spacial score (nSPS) is 32.0. The van der Waals surface area contributed by atoms with E-state index in [0.29, 0.717) is 5.56 Å². The van der Waals surface area contributed by atoms with E-state index in [9.17, 15) is 45.6 Å². The molecule has 15 nitrogen and oxygen atoms in total. The quantitative estimate of drug-likeness (QED) is 0.114. The molecular weight excluding hydrogens is 710 g/mol. The fourth-order valence-electron chi connectivity index (χ4n) is 6.61. The van der Waals surface area contributed by atoms with E-state index >= 15 is 8.78 Å². The van der Waals surface area contributed by atoms with Crippen molar-refractivity contribution in [2.24, 2.45) is 0 Å². The van der Waals surface area contributed by atoms with Gasteiger partial charge in [-0.3, -0.25) is 0 Å². The summed E-state index contributed by atoms with van der Waals surface area (Å²) in [5.74, 6) is -4.70. The van der Waals surface area contributed by atoms with Crippen LogP contribution < -0.4 is 14.2 Å². The van der Waals surface area contributed by atoms with Crippen molar-refractivity contribution >= 4 is 17.6 Å². The van der Waals surface area contributed by atoms with E-state index in [1.165, 1.54) is 12.1 Å². The fraction of sp³-hybridized carbons (Fsp3) is 0.424. The van der Waals surface area contributed by atoms with Crippen molar-refractivity contribution in [3.8, 4) is 23.0 Å². The van der Waals surface area contributed by atoms with Crippen LogP contribution in [0.5, 0.6) is 23.0 Å². The van der Waals surface area contributed by atoms with Gasteiger partial charge in [-0.2, -0.15) is 0 Å². The lowest BCUT2D eigenvalue weighted by atomic mass is 9.77. The minimum atomic E-state index is -2.04. The lowest BCUT2D eigenvalue weighted by Gasteiger charge is -2.40. The number of aliphatic hydroxyl groups is 8. The molecule has 0 aromatic heterocycles. The Morgan fingerprint density at radius 3 is 1.63 bits per heavy atom. The first-order chi connectivity index (χ1) is 24.3. The lowest BCUT2D eigenvalue weighted by Crippen LogP contribution is -2.60. The zero-order chi connectivity index (χ0) is 36.5. The summed E-state index contributed by atoms with van der Waals surface area (Å²) < 4.78 is 65.7. The maximum absolute atomic E-state index is 16.0. The zero-order valence-electron chi connectivity index (χ0n) is 26.0. The number of esters is 1. The number of rotatable bonds is 7. The Kier molecular flexibility index (Phi) is 9.34. The highest BCUT2D eigenvalue weighted by Crippen LogP contribution is 2.58. The third-order valence-electron chi connectivity index (χ3n) is 9.31. The number of ether oxygens (including phenoxy) is 6. The second kappa shape index (κ2) is 13.4. The first-order valence-corrected chi connectivity index (χ1v) is 16.1. The maximum Gasteiger partial charge on any atom is 0.340 e. The van der Waals surface area contributed by atoms with Crippen molar-refractivity contribution < 1.29 is 82.8 Å². The Bertz CT molecular complexity index is 1750. The largest absolute Gasteiger partial charge is 0.459 e. The summed E-state index contributed by atoms with van der Waals surface area (Å²) in [6.07, 6.45) is -17.2. The average molecular weight is 741 g/mol. The predicted octanol–water partition coefficient (Wildman–Crippen LogP) is -0.371. The molecule has 8 N–H and O–H groups in total. The number of benzene rings is 3. The number of hydrogen-bond donors (Lipinski definition) is 8. The van der Waals surface area contributed by atoms with Crippen molar-refractivity contribution in [2.75, 3.05) is 13.2 Å². The van der Waals surface area contributed by atoms with Gasteiger partial charge in [-0.25, -0.2) is 13.6 Å². The van der Waals surface area contributed by atoms with Crippen molar-refractivity contribution in [2.45, 2.75) is 72.9 Å². The number of halogens is 3. The van der Waals surface area contributed by atoms with Crippen LogP contribution in [-0.4, -0.2) is 121 Å². The summed E-state index contributed by atoms with van der Waals surface area (Å²) in [6.45, 7) is -1.56. The smallest absolute Gasteiger partial charge is 0.340 e. The third-order valence-corrected chi connectivity index (χ3v) is 9.62. The maximum atomic E-state index is 16.0. The molecule has 4 heterocycles. The van der Waals surface area contributed by atoms with Gasteiger partial charge in [0.2, 0.25) is 12.6 Å². The van der Waals surface area contributed by atoms with Crippen LogP contribution in [-0.2, 0) is 25.7 Å². The van der Waals surface area contributed by atoms with Gasteiger partial charge >= 0.3 is 5.97 Å². The summed E-state index contributed by atoms with van der Waals surface area (Å²) in [5, 5.41) is 80.7. The second-order valence-corrected chi connectivity index (χ2v) is 12.6. The molecule has 4 aliphatic heterocycles. The van der Waals surface area contributed by atoms with E-state index < -0.39 is 109 Å². The van der Waals surface area contributed by atoms with Crippen LogP contribution >= 0.6 is 11.6 Å². The molecule has 1 spiro atoms. The molecule has 7 rings (SSSR count). The molecule has 0 amide bonds. The van der Waals surface area contributed by atoms with Crippen LogP contribution in [0, 0.1) is 11.6 Å². The number of alkyl halides is 1. The number of fused-ring (bicyclic) bond motifs is 6. The summed E-state index contributed by atoms with van der Waals surface area (Å²) in [4.78, 5) is 13.4. The lowest BCUT2D eigenvalue weighted by molar-refractivity contribution is -0.277. The third kappa shape index (κ3) is 5.69. The number of carbonyl (C=O) groups excluding carboxylic acids is 1. The Balaban J connectivity index is 1.33. The molecule has 2 fully saturated rings. The summed E-state index contributed by atoms with van der Waals surface area (Å²) in [5.41, 5.74) is -1.54. The van der Waals surface area contributed by atoms with Crippen molar-refractivity contribution in [1.29, 1.82) is 0 Å². The Morgan fingerprint density at radius 2 is 1.18 bits per heavy atom. The van der Waals surface area contributed by atoms with Crippen LogP contribution in [0.15, 0.2) is 42.5 Å². The first-order valence-electron chi connectivity index (χ1n) is 15.6. The average Bonchev–Trinajstić information content (AvgIpc) is 3.41. The van der Waals surface area contributed by atoms with Gasteiger partial charge < -0.3 is 69.3 Å². The molecule has 18 heteroatoms. The van der Waals surface area contributed by atoms with Gasteiger partial charge in [-0.1, -0.05) is 12.1 Å². The second-order valence-electron chi connectivity index (χ2n) is 12.4. The minimum Gasteiger partial charge on any atom is -0.459 e. The van der Waals surface area contributed by atoms with E-state index in [-0.39, 0.29) is 39.6 Å². The Morgan fingerprint density at radius 1 is 0.686 bits per heavy atom. The number of hydrogen-bond acceptors (Lipinski definition) is 15. The summed E-state index contributed by atoms with van der Waals surface area (Å²) in [7, 11) is 0. The fourth-order valence-corrected chi connectivity index (χ4v) is 6.78. The Labute approximate surface area is 291 Å². The monoisotopic (exact) mass is 740 g/mol. The molecule has 0 unspecified atom stereocenters. The van der Waals surface area contributed by atoms with E-state index in [0.717, 1.165) is 24.3 Å². The SMILES string of the molecule is O=C1OC2(c3cc(F)c(O[C@@H]4O[C@H](CO)[C@H](O)[C@H](O)[C@H]4O)cc3Oc3cc(O[C@@H]4O[C@H](CO)[C@H](O)[C@H](O)[C@H]4O)c(F)cc32)c2ccc(CCl)cc21. The van der Waals surface area contributed by atoms with Gasteiger partial charge in [-0.15, -0.1) is 11.6 Å². The molecule has 2 saturated heterocycles. The molecule has 274 valence electrons. The highest BCUT2D eigenvalue weighted by atomic mass is 35.5. The Hall–Kier alpha value is -3.72. The molecule has 0 radical (unpaired) electrons. The van der Waals surface area contributed by atoms with Crippen molar-refractivity contribution in [3.05, 3.63) is 81.9 Å². The van der Waals surface area contributed by atoms with Crippen LogP contribution in [0.25, 0.3) is 0 Å². The molecule has 3 aromatic rings. The van der Waals surface area contributed by atoms with E-state index in [4.69, 9.17) is 40.0 Å². The van der Waals surface area contributed by atoms with E-state index in [2.05, 4.69) is 0 Å². The van der Waals surface area contributed by atoms with E-state index in [1.807, 2.05) is 0 Å². The minimum absolute atomic E-state index is 0.0321. The standard InChI is InChI=1S/C33H31ClF2O15/c34-8-11-1-2-13-12(3-11)30(45)51-33(13)14-4-16(35)20(47-31-28(43)26(41)24(39)22(9-37)49-31)6-18(14)46-19-7-21(17(36)5-15(19)33)48-32-29(44)27(42)25(40)23(10-38)50-32/h1-7,22-29,31-32,37-44H,8-10H2/t22-,23-,24+,25+,26+,27+,28-,29-,31-,32-/m1/s1. The number of aliphatic hydroxyl groups excluding tert-OH is 8. The molecule has 4 aliphatic rings.